The van der Waals surface area contributed by atoms with Crippen molar-refractivity contribution in [2.75, 3.05) is 27.2 Å². The molecule has 2 aromatic rings. The molecule has 5 unspecified atom stereocenters. The third kappa shape index (κ3) is 14.0. The maximum Gasteiger partial charge on any atom is 0.326 e. The maximum atomic E-state index is 13.9. The Labute approximate surface area is 351 Å². The number of nitrogens with one attached hydrogen (secondary N) is 4. The molecule has 8 N–H and O–H groups in total. The van der Waals surface area contributed by atoms with E-state index >= 15 is 0 Å². The minimum atomic E-state index is -1.47. The first kappa shape index (κ1) is 48.7. The van der Waals surface area contributed by atoms with Gasteiger partial charge in [0.2, 0.25) is 35.4 Å². The zero-order valence-electron chi connectivity index (χ0n) is 35.5. The van der Waals surface area contributed by atoms with Gasteiger partial charge in [-0.15, -0.1) is 0 Å². The normalized spacial score (nSPS) is 17.6. The summed E-state index contributed by atoms with van der Waals surface area (Å²) in [7, 11) is 2.69. The zero-order chi connectivity index (χ0) is 44.7. The number of phenolic OH excluding ortho intramolecular Hbond substituents is 2. The van der Waals surface area contributed by atoms with E-state index in [0.29, 0.717) is 17.9 Å². The third-order valence-corrected chi connectivity index (χ3v) is 10.7. The van der Waals surface area contributed by atoms with Crippen LogP contribution in [0.1, 0.15) is 103 Å². The van der Waals surface area contributed by atoms with Crippen LogP contribution in [0.15, 0.2) is 36.4 Å². The Balaban J connectivity index is 1.67. The lowest BCUT2D eigenvalue weighted by Crippen LogP contribution is -2.55. The van der Waals surface area contributed by atoms with Gasteiger partial charge in [0.1, 0.15) is 41.7 Å². The van der Waals surface area contributed by atoms with Crippen molar-refractivity contribution in [3.8, 4) is 22.6 Å². The predicted molar refractivity (Wildman–Crippen MR) is 222 cm³/mol. The molecule has 1 heterocycles. The van der Waals surface area contributed by atoms with Crippen molar-refractivity contribution >= 4 is 41.4 Å². The molecule has 2 aromatic carbocycles. The second-order valence-electron chi connectivity index (χ2n) is 15.9. The number of aliphatic carboxylic acids is 1. The lowest BCUT2D eigenvalue weighted by atomic mass is 9.94. The van der Waals surface area contributed by atoms with E-state index in [1.54, 1.807) is 0 Å². The highest BCUT2D eigenvalue weighted by Gasteiger charge is 2.34. The van der Waals surface area contributed by atoms with Crippen molar-refractivity contribution < 1.29 is 54.0 Å². The van der Waals surface area contributed by atoms with Crippen molar-refractivity contribution in [1.29, 1.82) is 0 Å². The fraction of sp³-hybridized carbons (Fsp3) is 0.558. The van der Waals surface area contributed by atoms with Gasteiger partial charge in [0, 0.05) is 38.1 Å². The number of nitrogens with zero attached hydrogens (tertiary/aromatic N) is 2. The van der Waals surface area contributed by atoms with E-state index in [1.807, 2.05) is 0 Å². The molecule has 0 aromatic heterocycles. The summed E-state index contributed by atoms with van der Waals surface area (Å²) in [5.41, 5.74) is 0.723. The molecule has 1 aliphatic rings. The van der Waals surface area contributed by atoms with Crippen LogP contribution < -0.4 is 21.3 Å². The van der Waals surface area contributed by atoms with Gasteiger partial charge in [-0.1, -0.05) is 70.9 Å². The number of hydrogen-bond donors (Lipinski definition) is 8. The number of benzene rings is 2. The molecule has 0 aliphatic carbocycles. The van der Waals surface area contributed by atoms with Gasteiger partial charge in [0.05, 0.1) is 13.2 Å². The van der Waals surface area contributed by atoms with Gasteiger partial charge in [0.15, 0.2) is 0 Å². The molecule has 0 fully saturated rings. The SMILES string of the molecule is CC(C)CCCCCCCCCC(=O)N(C)C(CO)C(=O)NC(C)C(=O)NCC(=O)N(C)C1C(=O)NC(C)C(=O)NC(C(=O)O)Cc2ccc(O)c(c2)-c2cc1ccc2O. The van der Waals surface area contributed by atoms with Crippen LogP contribution in [0.2, 0.25) is 0 Å². The highest BCUT2D eigenvalue weighted by atomic mass is 16.4. The minimum absolute atomic E-state index is 0.0659. The van der Waals surface area contributed by atoms with Crippen LogP contribution in [0, 0.1) is 5.92 Å². The Bertz CT molecular complexity index is 1850. The highest BCUT2D eigenvalue weighted by molar-refractivity contribution is 5.96. The first-order chi connectivity index (χ1) is 28.4. The first-order valence-corrected chi connectivity index (χ1v) is 20.5. The molecule has 0 radical (unpaired) electrons. The molecule has 1 aliphatic heterocycles. The number of carboxylic acids is 1. The van der Waals surface area contributed by atoms with E-state index in [4.69, 9.17) is 0 Å². The maximum absolute atomic E-state index is 13.9. The minimum Gasteiger partial charge on any atom is -0.507 e. The molecule has 0 saturated heterocycles. The topological polar surface area (TPSA) is 255 Å². The molecule has 0 spiro atoms. The van der Waals surface area contributed by atoms with Crippen LogP contribution >= 0.6 is 0 Å². The summed E-state index contributed by atoms with van der Waals surface area (Å²) in [6.45, 7) is 5.79. The number of aliphatic hydroxyl groups is 1. The lowest BCUT2D eigenvalue weighted by molar-refractivity contribution is -0.143. The van der Waals surface area contributed by atoms with Gasteiger partial charge < -0.3 is 51.5 Å². The molecule has 17 heteroatoms. The van der Waals surface area contributed by atoms with E-state index in [2.05, 4.69) is 35.1 Å². The van der Waals surface area contributed by atoms with Gasteiger partial charge in [0.25, 0.3) is 0 Å². The molecule has 60 heavy (non-hydrogen) atoms. The number of aromatic hydroxyl groups is 2. The first-order valence-electron chi connectivity index (χ1n) is 20.5. The van der Waals surface area contributed by atoms with Crippen LogP contribution in [0.25, 0.3) is 11.1 Å². The Morgan fingerprint density at radius 3 is 2.02 bits per heavy atom. The number of rotatable bonds is 19. The smallest absolute Gasteiger partial charge is 0.326 e. The number of carboxylic acid groups (broad SMARTS) is 1. The number of phenols is 2. The summed E-state index contributed by atoms with van der Waals surface area (Å²) >= 11 is 0. The Morgan fingerprint density at radius 1 is 0.800 bits per heavy atom. The molecule has 0 saturated carbocycles. The number of fused-ring (bicyclic) bond motifs is 5. The number of amides is 6. The quantitative estimate of drug-likeness (QED) is 0.0955. The van der Waals surface area contributed by atoms with E-state index in [0.717, 1.165) is 35.5 Å². The molecular formula is C43H62N6O11. The van der Waals surface area contributed by atoms with Crippen molar-refractivity contribution in [2.24, 2.45) is 5.92 Å². The molecule has 5 atom stereocenters. The fourth-order valence-electron chi connectivity index (χ4n) is 6.91. The number of carbonyl (C=O) groups is 7. The fourth-order valence-corrected chi connectivity index (χ4v) is 6.91. The average Bonchev–Trinajstić information content (AvgIpc) is 3.19. The summed E-state index contributed by atoms with van der Waals surface area (Å²) in [5.74, 6) is -5.55. The van der Waals surface area contributed by atoms with Crippen molar-refractivity contribution in [3.63, 3.8) is 0 Å². The second kappa shape index (κ2) is 23.2. The predicted octanol–water partition coefficient (Wildman–Crippen LogP) is 2.50. The molecule has 4 bridgehead atoms. The van der Waals surface area contributed by atoms with Crippen LogP contribution in [0.4, 0.5) is 0 Å². The van der Waals surface area contributed by atoms with E-state index in [-0.39, 0.29) is 46.9 Å². The Hall–Kier alpha value is -5.71. The molecular weight excluding hydrogens is 777 g/mol. The number of likely N-dealkylation sites (N-methyl/N-ethyl adjacent to an activating group) is 2. The van der Waals surface area contributed by atoms with Gasteiger partial charge in [-0.25, -0.2) is 4.79 Å². The number of unbranched alkanes of at least 4 members (excludes halogenated alkanes) is 6. The Kier molecular flexibility index (Phi) is 18.8. The summed E-state index contributed by atoms with van der Waals surface area (Å²) in [6, 6.07) is 1.62. The number of hydrogen-bond acceptors (Lipinski definition) is 10. The second-order valence-corrected chi connectivity index (χ2v) is 15.9. The van der Waals surface area contributed by atoms with E-state index in [1.165, 1.54) is 83.6 Å². The number of carbonyl (C=O) groups excluding carboxylic acids is 6. The molecule has 3 rings (SSSR count). The lowest BCUT2D eigenvalue weighted by Gasteiger charge is -2.30. The molecule has 6 amide bonds. The van der Waals surface area contributed by atoms with Crippen molar-refractivity contribution in [3.05, 3.63) is 47.5 Å². The van der Waals surface area contributed by atoms with Crippen LogP contribution in [0.5, 0.6) is 11.5 Å². The summed E-state index contributed by atoms with van der Waals surface area (Å²) in [6.07, 6.45) is 8.45. The summed E-state index contributed by atoms with van der Waals surface area (Å²) in [5, 5.41) is 51.2. The monoisotopic (exact) mass is 838 g/mol. The third-order valence-electron chi connectivity index (χ3n) is 10.7. The zero-order valence-corrected chi connectivity index (χ0v) is 35.5. The van der Waals surface area contributed by atoms with Crippen LogP contribution in [-0.4, -0.2) is 123 Å². The van der Waals surface area contributed by atoms with Crippen LogP contribution in [-0.2, 0) is 40.0 Å². The Morgan fingerprint density at radius 2 is 1.40 bits per heavy atom. The van der Waals surface area contributed by atoms with Crippen molar-refractivity contribution in [2.45, 2.75) is 122 Å². The molecule has 330 valence electrons. The van der Waals surface area contributed by atoms with Gasteiger partial charge >= 0.3 is 5.97 Å². The summed E-state index contributed by atoms with van der Waals surface area (Å²) < 4.78 is 0. The average molecular weight is 839 g/mol. The highest BCUT2D eigenvalue weighted by Crippen LogP contribution is 2.38. The van der Waals surface area contributed by atoms with E-state index in [9.17, 15) is 54.0 Å². The molecule has 17 nitrogen and oxygen atoms in total. The summed E-state index contributed by atoms with van der Waals surface area (Å²) in [4.78, 5) is 93.8. The largest absolute Gasteiger partial charge is 0.507 e. The van der Waals surface area contributed by atoms with Gasteiger partial charge in [-0.05, 0) is 61.6 Å². The van der Waals surface area contributed by atoms with Crippen molar-refractivity contribution in [1.82, 2.24) is 31.1 Å². The van der Waals surface area contributed by atoms with E-state index < -0.39 is 78.9 Å². The van der Waals surface area contributed by atoms with Gasteiger partial charge in [-0.3, -0.25) is 28.8 Å². The number of aliphatic hydroxyl groups excluding tert-OH is 1. The van der Waals surface area contributed by atoms with Gasteiger partial charge in [-0.2, -0.15) is 0 Å². The van der Waals surface area contributed by atoms with Crippen LogP contribution in [0.3, 0.4) is 0 Å². The standard InChI is InChI=1S/C43H62N6O11/c1-25(2)14-12-10-8-7-9-11-13-15-36(53)48(5)33(24-50)41(57)45-26(3)39(55)44-23-37(54)49(6)38-29-17-19-35(52)31(22-29)30-20-28(16-18-34(30)51)21-32(43(59)60)47-40(56)27(4)46-42(38)58/h16-20,22,25-27,32-33,38,50-52H,7-15,21,23-24H2,1-6H3,(H,44,55)(H,45,57)(H,46,58)(H,47,56)(H,59,60).